The molecule has 0 radical (unpaired) electrons. The van der Waals surface area contributed by atoms with E-state index in [0.29, 0.717) is 6.04 Å². The van der Waals surface area contributed by atoms with E-state index in [9.17, 15) is 0 Å². The lowest BCUT2D eigenvalue weighted by Crippen LogP contribution is -2.43. The molecular weight excluding hydrogens is 270 g/mol. The molecule has 0 spiro atoms. The van der Waals surface area contributed by atoms with Gasteiger partial charge in [0.05, 0.1) is 0 Å². The summed E-state index contributed by atoms with van der Waals surface area (Å²) in [6.07, 6.45) is 4.82. The van der Waals surface area contributed by atoms with E-state index in [2.05, 4.69) is 60.0 Å². The molecule has 120 valence electrons. The van der Waals surface area contributed by atoms with Crippen LogP contribution < -0.4 is 5.32 Å². The zero-order chi connectivity index (χ0) is 15.5. The van der Waals surface area contributed by atoms with Crippen LogP contribution in [0.15, 0.2) is 24.4 Å². The second-order valence-electron chi connectivity index (χ2n) is 6.87. The number of piperazine rings is 1. The van der Waals surface area contributed by atoms with E-state index in [0.717, 1.165) is 13.1 Å². The summed E-state index contributed by atoms with van der Waals surface area (Å²) in [5.41, 5.74) is 4.26. The summed E-state index contributed by atoms with van der Waals surface area (Å²) in [4.78, 5) is 2.59. The van der Waals surface area contributed by atoms with Crippen molar-refractivity contribution in [1.29, 1.82) is 0 Å². The summed E-state index contributed by atoms with van der Waals surface area (Å²) in [6.45, 7) is 12.6. The maximum atomic E-state index is 3.42. The Labute approximate surface area is 134 Å². The van der Waals surface area contributed by atoms with Crippen LogP contribution in [0.1, 0.15) is 37.4 Å². The number of aromatic nitrogens is 1. The van der Waals surface area contributed by atoms with Crippen molar-refractivity contribution in [3.63, 3.8) is 0 Å². The quantitative estimate of drug-likeness (QED) is 0.913. The third kappa shape index (κ3) is 3.36. The fourth-order valence-electron chi connectivity index (χ4n) is 3.49. The third-order valence-corrected chi connectivity index (χ3v) is 4.76. The van der Waals surface area contributed by atoms with Gasteiger partial charge in [0.2, 0.25) is 0 Å². The molecule has 1 saturated heterocycles. The van der Waals surface area contributed by atoms with Gasteiger partial charge in [0, 0.05) is 49.3 Å². The lowest BCUT2D eigenvalue weighted by Gasteiger charge is -2.26. The van der Waals surface area contributed by atoms with Gasteiger partial charge in [-0.25, -0.2) is 0 Å². The highest BCUT2D eigenvalue weighted by Gasteiger charge is 2.12. The highest BCUT2D eigenvalue weighted by molar-refractivity contribution is 5.84. The van der Waals surface area contributed by atoms with Crippen molar-refractivity contribution in [3.8, 4) is 0 Å². The van der Waals surface area contributed by atoms with Gasteiger partial charge in [-0.15, -0.1) is 0 Å². The van der Waals surface area contributed by atoms with Crippen molar-refractivity contribution in [2.24, 2.45) is 0 Å². The van der Waals surface area contributed by atoms with Crippen molar-refractivity contribution in [2.45, 2.75) is 39.7 Å². The Hall–Kier alpha value is -1.32. The average molecular weight is 299 g/mol. The smallest absolute Gasteiger partial charge is 0.0485 e. The predicted molar refractivity (Wildman–Crippen MR) is 94.7 cm³/mol. The van der Waals surface area contributed by atoms with Crippen LogP contribution in [0.3, 0.4) is 0 Å². The molecule has 1 fully saturated rings. The number of nitrogens with one attached hydrogen (secondary N) is 1. The van der Waals surface area contributed by atoms with Gasteiger partial charge in [0.1, 0.15) is 0 Å². The molecule has 2 aromatic rings. The lowest BCUT2D eigenvalue weighted by molar-refractivity contribution is 0.238. The molecule has 1 N–H and O–H groups in total. The van der Waals surface area contributed by atoms with Crippen molar-refractivity contribution < 1.29 is 0 Å². The van der Waals surface area contributed by atoms with Gasteiger partial charge in [0.25, 0.3) is 0 Å². The van der Waals surface area contributed by atoms with Crippen LogP contribution in [0.4, 0.5) is 0 Å². The molecular formula is C19H29N3. The molecule has 0 unspecified atom stereocenters. The number of rotatable bonds is 5. The van der Waals surface area contributed by atoms with E-state index in [-0.39, 0.29) is 0 Å². The van der Waals surface area contributed by atoms with Gasteiger partial charge < -0.3 is 14.8 Å². The number of aryl methyl sites for hydroxylation is 2. The normalized spacial score (nSPS) is 16.7. The zero-order valence-electron chi connectivity index (χ0n) is 14.2. The first kappa shape index (κ1) is 15.6. The van der Waals surface area contributed by atoms with Gasteiger partial charge in [-0.1, -0.05) is 11.6 Å². The van der Waals surface area contributed by atoms with Gasteiger partial charge in [-0.3, -0.25) is 0 Å². The minimum Gasteiger partial charge on any atom is -0.345 e. The second-order valence-corrected chi connectivity index (χ2v) is 6.87. The molecule has 3 nitrogen and oxygen atoms in total. The summed E-state index contributed by atoms with van der Waals surface area (Å²) < 4.78 is 2.43. The molecule has 1 aliphatic heterocycles. The van der Waals surface area contributed by atoms with Crippen LogP contribution in [0.25, 0.3) is 10.9 Å². The summed E-state index contributed by atoms with van der Waals surface area (Å²) in [5, 5.41) is 4.88. The van der Waals surface area contributed by atoms with Gasteiger partial charge in [-0.2, -0.15) is 0 Å². The number of benzene rings is 1. The Balaban J connectivity index is 1.73. The first-order chi connectivity index (χ1) is 10.6. The predicted octanol–water partition coefficient (Wildman–Crippen LogP) is 3.37. The molecule has 1 aliphatic rings. The second kappa shape index (κ2) is 6.84. The maximum Gasteiger partial charge on any atom is 0.0485 e. The van der Waals surface area contributed by atoms with E-state index < -0.39 is 0 Å². The molecule has 0 saturated carbocycles. The molecule has 0 aliphatic carbocycles. The van der Waals surface area contributed by atoms with Crippen LogP contribution in [0.5, 0.6) is 0 Å². The molecule has 1 aromatic carbocycles. The van der Waals surface area contributed by atoms with Crippen molar-refractivity contribution >= 4 is 10.9 Å². The fourth-order valence-corrected chi connectivity index (χ4v) is 3.49. The molecule has 22 heavy (non-hydrogen) atoms. The molecule has 3 rings (SSSR count). The van der Waals surface area contributed by atoms with Crippen LogP contribution >= 0.6 is 0 Å². The number of hydrogen-bond donors (Lipinski definition) is 1. The Bertz CT molecular complexity index is 621. The molecule has 0 atom stereocenters. The van der Waals surface area contributed by atoms with Crippen molar-refractivity contribution in [1.82, 2.24) is 14.8 Å². The fraction of sp³-hybridized carbons (Fsp3) is 0.579. The number of nitrogens with zero attached hydrogens (tertiary/aromatic N) is 2. The topological polar surface area (TPSA) is 20.2 Å². The monoisotopic (exact) mass is 299 g/mol. The molecule has 2 heterocycles. The van der Waals surface area contributed by atoms with E-state index in [4.69, 9.17) is 0 Å². The van der Waals surface area contributed by atoms with Crippen molar-refractivity contribution in [3.05, 3.63) is 35.5 Å². The lowest BCUT2D eigenvalue weighted by atomic mass is 10.1. The highest BCUT2D eigenvalue weighted by Crippen LogP contribution is 2.26. The summed E-state index contributed by atoms with van der Waals surface area (Å²) in [6, 6.07) is 7.39. The van der Waals surface area contributed by atoms with E-state index in [1.165, 1.54) is 54.5 Å². The Kier molecular flexibility index (Phi) is 4.84. The summed E-state index contributed by atoms with van der Waals surface area (Å²) in [7, 11) is 0. The molecule has 3 heteroatoms. The first-order valence-electron chi connectivity index (χ1n) is 8.68. The largest absolute Gasteiger partial charge is 0.345 e. The summed E-state index contributed by atoms with van der Waals surface area (Å²) in [5.74, 6) is 0. The minimum absolute atomic E-state index is 0.520. The average Bonchev–Trinajstić information content (AvgIpc) is 2.87. The van der Waals surface area contributed by atoms with Crippen LogP contribution in [0, 0.1) is 6.92 Å². The standard InChI is InChI=1S/C19H29N3/c1-15(2)22-14-17(18-13-16(3)6-7-19(18)22)5-4-10-21-11-8-20-9-12-21/h6-7,13-15,20H,4-5,8-12H2,1-3H3. The van der Waals surface area contributed by atoms with E-state index in [1.54, 1.807) is 0 Å². The Morgan fingerprint density at radius 2 is 1.95 bits per heavy atom. The van der Waals surface area contributed by atoms with Crippen LogP contribution in [-0.4, -0.2) is 42.2 Å². The molecule has 0 amide bonds. The van der Waals surface area contributed by atoms with Gasteiger partial charge in [-0.05, 0) is 57.9 Å². The molecule has 1 aromatic heterocycles. The minimum atomic E-state index is 0.520. The van der Waals surface area contributed by atoms with Gasteiger partial charge >= 0.3 is 0 Å². The first-order valence-corrected chi connectivity index (χ1v) is 8.68. The van der Waals surface area contributed by atoms with E-state index in [1.807, 2.05) is 0 Å². The summed E-state index contributed by atoms with van der Waals surface area (Å²) >= 11 is 0. The Morgan fingerprint density at radius 1 is 1.18 bits per heavy atom. The van der Waals surface area contributed by atoms with Crippen molar-refractivity contribution in [2.75, 3.05) is 32.7 Å². The molecule has 0 bridgehead atoms. The highest BCUT2D eigenvalue weighted by atomic mass is 15.2. The maximum absolute atomic E-state index is 3.42. The number of hydrogen-bond acceptors (Lipinski definition) is 2. The van der Waals surface area contributed by atoms with Crippen LogP contribution in [-0.2, 0) is 6.42 Å². The zero-order valence-corrected chi connectivity index (χ0v) is 14.2. The van der Waals surface area contributed by atoms with E-state index >= 15 is 0 Å². The Morgan fingerprint density at radius 3 is 2.68 bits per heavy atom. The number of fused-ring (bicyclic) bond motifs is 1. The van der Waals surface area contributed by atoms with Gasteiger partial charge in [0.15, 0.2) is 0 Å². The SMILES string of the molecule is Cc1ccc2c(c1)c(CCCN1CCNCC1)cn2C(C)C. The third-order valence-electron chi connectivity index (χ3n) is 4.76. The van der Waals surface area contributed by atoms with Crippen LogP contribution in [0.2, 0.25) is 0 Å².